The number of amides is 1. The fourth-order valence-corrected chi connectivity index (χ4v) is 3.74. The normalized spacial score (nSPS) is 11.0. The second kappa shape index (κ2) is 6.26. The van der Waals surface area contributed by atoms with Crippen molar-refractivity contribution >= 4 is 44.7 Å². The van der Waals surface area contributed by atoms with Crippen LogP contribution in [0.25, 0.3) is 21.7 Å². The van der Waals surface area contributed by atoms with Crippen LogP contribution in [0.3, 0.4) is 0 Å². The average Bonchev–Trinajstić information content (AvgIpc) is 3.29. The molecule has 0 N–H and O–H groups in total. The molecule has 0 aliphatic carbocycles. The van der Waals surface area contributed by atoms with Crippen LogP contribution >= 0.6 is 22.7 Å². The predicted molar refractivity (Wildman–Crippen MR) is 98.0 cm³/mol. The number of para-hydroxylation sites is 2. The van der Waals surface area contributed by atoms with Crippen molar-refractivity contribution < 1.29 is 4.79 Å². The van der Waals surface area contributed by atoms with Crippen LogP contribution in [0.15, 0.2) is 35.8 Å². The molecule has 0 atom stereocenters. The number of rotatable bonds is 3. The largest absolute Gasteiger partial charge is 0.286 e. The van der Waals surface area contributed by atoms with Gasteiger partial charge in [0, 0.05) is 12.4 Å². The van der Waals surface area contributed by atoms with E-state index in [-0.39, 0.29) is 11.6 Å². The lowest BCUT2D eigenvalue weighted by molar-refractivity contribution is 0.0988. The lowest BCUT2D eigenvalue weighted by Gasteiger charge is -2.13. The standard InChI is InChI=1S/C16H12N6OS2/c1-9-20-21-14(25-9)13-8-24-16(19-13)22(2)15(23)12-7-17-10-5-3-4-6-11(10)18-12/h3-8H,1-2H3. The number of fused-ring (bicyclic) bond motifs is 1. The minimum absolute atomic E-state index is 0.257. The van der Waals surface area contributed by atoms with Crippen LogP contribution in [0.5, 0.6) is 0 Å². The molecular formula is C16H12N6OS2. The molecule has 1 aromatic carbocycles. The molecule has 0 saturated carbocycles. The molecule has 0 aliphatic rings. The summed E-state index contributed by atoms with van der Waals surface area (Å²) in [6.45, 7) is 1.89. The molecular weight excluding hydrogens is 356 g/mol. The van der Waals surface area contributed by atoms with Gasteiger partial charge in [0.1, 0.15) is 16.4 Å². The van der Waals surface area contributed by atoms with Crippen molar-refractivity contribution in [3.05, 3.63) is 46.5 Å². The van der Waals surface area contributed by atoms with Crippen molar-refractivity contribution in [1.82, 2.24) is 25.1 Å². The molecule has 3 aromatic heterocycles. The van der Waals surface area contributed by atoms with Gasteiger partial charge in [0.15, 0.2) is 10.1 Å². The Balaban J connectivity index is 1.62. The Hall–Kier alpha value is -2.78. The molecule has 9 heteroatoms. The van der Waals surface area contributed by atoms with Crippen molar-refractivity contribution in [3.8, 4) is 10.7 Å². The number of hydrogen-bond acceptors (Lipinski definition) is 8. The van der Waals surface area contributed by atoms with Crippen LogP contribution in [0.2, 0.25) is 0 Å². The summed E-state index contributed by atoms with van der Waals surface area (Å²) in [6.07, 6.45) is 1.49. The molecule has 0 bridgehead atoms. The van der Waals surface area contributed by atoms with Gasteiger partial charge in [-0.3, -0.25) is 14.7 Å². The summed E-state index contributed by atoms with van der Waals surface area (Å²) in [7, 11) is 1.67. The molecule has 124 valence electrons. The summed E-state index contributed by atoms with van der Waals surface area (Å²) < 4.78 is 0. The molecule has 0 saturated heterocycles. The minimum Gasteiger partial charge on any atom is -0.286 e. The highest BCUT2D eigenvalue weighted by Crippen LogP contribution is 2.29. The van der Waals surface area contributed by atoms with E-state index in [1.54, 1.807) is 7.05 Å². The van der Waals surface area contributed by atoms with Crippen LogP contribution in [0, 0.1) is 6.92 Å². The van der Waals surface area contributed by atoms with E-state index >= 15 is 0 Å². The fraction of sp³-hybridized carbons (Fsp3) is 0.125. The van der Waals surface area contributed by atoms with E-state index in [0.29, 0.717) is 10.6 Å². The van der Waals surface area contributed by atoms with Crippen LogP contribution in [0.4, 0.5) is 5.13 Å². The Morgan fingerprint density at radius 3 is 2.68 bits per heavy atom. The summed E-state index contributed by atoms with van der Waals surface area (Å²) >= 11 is 2.84. The number of carbonyl (C=O) groups excluding carboxylic acids is 1. The first-order valence-electron chi connectivity index (χ1n) is 7.37. The number of hydrogen-bond donors (Lipinski definition) is 0. The van der Waals surface area contributed by atoms with Gasteiger partial charge in [-0.2, -0.15) is 0 Å². The van der Waals surface area contributed by atoms with Gasteiger partial charge in [-0.05, 0) is 19.1 Å². The number of anilines is 1. The third-order valence-corrected chi connectivity index (χ3v) is 5.27. The number of aryl methyl sites for hydroxylation is 1. The molecule has 4 rings (SSSR count). The van der Waals surface area contributed by atoms with E-state index in [0.717, 1.165) is 21.2 Å². The van der Waals surface area contributed by atoms with Crippen molar-refractivity contribution in [2.24, 2.45) is 0 Å². The number of thiazole rings is 1. The van der Waals surface area contributed by atoms with E-state index in [4.69, 9.17) is 0 Å². The zero-order chi connectivity index (χ0) is 17.4. The predicted octanol–water partition coefficient (Wildman–Crippen LogP) is 3.19. The number of benzene rings is 1. The van der Waals surface area contributed by atoms with E-state index in [2.05, 4.69) is 25.1 Å². The topological polar surface area (TPSA) is 84.8 Å². The summed E-state index contributed by atoms with van der Waals surface area (Å²) in [5.74, 6) is -0.257. The maximum absolute atomic E-state index is 12.7. The van der Waals surface area contributed by atoms with Crippen molar-refractivity contribution in [2.45, 2.75) is 6.92 Å². The molecule has 1 amide bonds. The molecule has 4 aromatic rings. The van der Waals surface area contributed by atoms with Gasteiger partial charge in [-0.25, -0.2) is 9.97 Å². The van der Waals surface area contributed by atoms with E-state index in [1.807, 2.05) is 36.6 Å². The monoisotopic (exact) mass is 368 g/mol. The van der Waals surface area contributed by atoms with Crippen LogP contribution in [-0.2, 0) is 0 Å². The Morgan fingerprint density at radius 1 is 1.12 bits per heavy atom. The highest BCUT2D eigenvalue weighted by atomic mass is 32.1. The van der Waals surface area contributed by atoms with Gasteiger partial charge < -0.3 is 0 Å². The fourth-order valence-electron chi connectivity index (χ4n) is 2.24. The Kier molecular flexibility index (Phi) is 3.94. The van der Waals surface area contributed by atoms with Crippen LogP contribution in [0.1, 0.15) is 15.5 Å². The number of nitrogens with zero attached hydrogens (tertiary/aromatic N) is 6. The minimum atomic E-state index is -0.257. The van der Waals surface area contributed by atoms with Crippen molar-refractivity contribution in [1.29, 1.82) is 0 Å². The molecule has 0 spiro atoms. The summed E-state index contributed by atoms with van der Waals surface area (Å²) in [4.78, 5) is 27.3. The third kappa shape index (κ3) is 2.99. The molecule has 0 unspecified atom stereocenters. The molecule has 0 aliphatic heterocycles. The first-order chi connectivity index (χ1) is 12.1. The third-order valence-electron chi connectivity index (χ3n) is 3.50. The second-order valence-corrected chi connectivity index (χ2v) is 7.27. The van der Waals surface area contributed by atoms with Crippen LogP contribution < -0.4 is 4.90 Å². The molecule has 7 nitrogen and oxygen atoms in total. The highest BCUT2D eigenvalue weighted by molar-refractivity contribution is 7.16. The van der Waals surface area contributed by atoms with Gasteiger partial charge in [0.2, 0.25) is 0 Å². The summed E-state index contributed by atoms with van der Waals surface area (Å²) in [6, 6.07) is 7.44. The average molecular weight is 368 g/mol. The lowest BCUT2D eigenvalue weighted by Crippen LogP contribution is -2.27. The van der Waals surface area contributed by atoms with Crippen LogP contribution in [-0.4, -0.2) is 38.1 Å². The van der Waals surface area contributed by atoms with Crippen molar-refractivity contribution in [2.75, 3.05) is 11.9 Å². The zero-order valence-electron chi connectivity index (χ0n) is 13.4. The number of carbonyl (C=O) groups is 1. The second-order valence-electron chi connectivity index (χ2n) is 5.25. The van der Waals surface area contributed by atoms with E-state index < -0.39 is 0 Å². The Morgan fingerprint density at radius 2 is 1.92 bits per heavy atom. The molecule has 0 radical (unpaired) electrons. The van der Waals surface area contributed by atoms with Gasteiger partial charge in [-0.15, -0.1) is 21.5 Å². The van der Waals surface area contributed by atoms with E-state index in [9.17, 15) is 4.79 Å². The highest BCUT2D eigenvalue weighted by Gasteiger charge is 2.20. The quantitative estimate of drug-likeness (QED) is 0.552. The smallest absolute Gasteiger partial charge is 0.280 e. The number of aromatic nitrogens is 5. The SMILES string of the molecule is Cc1nnc(-c2csc(N(C)C(=O)c3cnc4ccccc4n3)n2)s1. The maximum Gasteiger partial charge on any atom is 0.280 e. The summed E-state index contributed by atoms with van der Waals surface area (Å²) in [5.41, 5.74) is 2.44. The van der Waals surface area contributed by atoms with Crippen molar-refractivity contribution in [3.63, 3.8) is 0 Å². The Bertz CT molecular complexity index is 1070. The zero-order valence-corrected chi connectivity index (χ0v) is 15.0. The Labute approximate surface area is 151 Å². The lowest BCUT2D eigenvalue weighted by atomic mass is 10.3. The summed E-state index contributed by atoms with van der Waals surface area (Å²) in [5, 5.41) is 12.1. The first kappa shape index (κ1) is 15.7. The first-order valence-corrected chi connectivity index (χ1v) is 9.07. The molecule has 0 fully saturated rings. The molecule has 3 heterocycles. The van der Waals surface area contributed by atoms with E-state index in [1.165, 1.54) is 33.8 Å². The maximum atomic E-state index is 12.7. The van der Waals surface area contributed by atoms with Gasteiger partial charge in [0.25, 0.3) is 5.91 Å². The van der Waals surface area contributed by atoms with Gasteiger partial charge >= 0.3 is 0 Å². The van der Waals surface area contributed by atoms with Gasteiger partial charge in [0.05, 0.1) is 17.2 Å². The van der Waals surface area contributed by atoms with Gasteiger partial charge in [-0.1, -0.05) is 23.5 Å². The molecule has 25 heavy (non-hydrogen) atoms.